The summed E-state index contributed by atoms with van der Waals surface area (Å²) in [5, 5.41) is 30.9. The molecule has 1 aliphatic carbocycles. The third-order valence-electron chi connectivity index (χ3n) is 5.84. The highest BCUT2D eigenvalue weighted by Crippen LogP contribution is 2.36. The first-order chi connectivity index (χ1) is 14.0. The molecule has 5 atom stereocenters. The minimum absolute atomic E-state index is 0.0453. The summed E-state index contributed by atoms with van der Waals surface area (Å²) in [7, 11) is 0. The first kappa shape index (κ1) is 23.5. The van der Waals surface area contributed by atoms with Gasteiger partial charge >= 0.3 is 0 Å². The predicted molar refractivity (Wildman–Crippen MR) is 116 cm³/mol. The van der Waals surface area contributed by atoms with Gasteiger partial charge in [0.05, 0.1) is 18.3 Å². The zero-order valence-electron chi connectivity index (χ0n) is 17.5. The van der Waals surface area contributed by atoms with E-state index < -0.39 is 18.3 Å². The molecule has 29 heavy (non-hydrogen) atoms. The zero-order chi connectivity index (χ0) is 21.1. The maximum absolute atomic E-state index is 11.3. The third kappa shape index (κ3) is 8.25. The number of carbonyl (C=O) groups is 1. The van der Waals surface area contributed by atoms with Crippen LogP contribution in [0.5, 0.6) is 0 Å². The first-order valence-corrected chi connectivity index (χ1v) is 10.9. The van der Waals surface area contributed by atoms with Crippen molar-refractivity contribution in [1.29, 1.82) is 0 Å². The molecule has 0 aliphatic heterocycles. The summed E-state index contributed by atoms with van der Waals surface area (Å²) in [4.78, 5) is 11.3. The molecule has 0 saturated heterocycles. The summed E-state index contributed by atoms with van der Waals surface area (Å²) in [6, 6.07) is 10.1. The van der Waals surface area contributed by atoms with Gasteiger partial charge in [-0.1, -0.05) is 61.6 Å². The summed E-state index contributed by atoms with van der Waals surface area (Å²) in [6.45, 7) is 1.89. The fourth-order valence-corrected chi connectivity index (χ4v) is 3.98. The minimum Gasteiger partial charge on any atom is -0.393 e. The standard InChI is InChI=1S/C25H36O4/c1-2-20(26)12-8-3-4-9-13-22-23(25(29)18-24(22)28)17-16-21(27)15-14-19-10-6-5-7-11-19/h4-7,9-11,16-17,21-25,27-29H,2-3,8,12-15,18H2,1H3/b9-4-,17-16+/t21-,22+,23+,24-,25+/m0/s1. The van der Waals surface area contributed by atoms with Crippen LogP contribution in [-0.4, -0.2) is 39.4 Å². The second-order valence-corrected chi connectivity index (χ2v) is 8.08. The van der Waals surface area contributed by atoms with Gasteiger partial charge in [0.25, 0.3) is 0 Å². The van der Waals surface area contributed by atoms with E-state index in [4.69, 9.17) is 0 Å². The first-order valence-electron chi connectivity index (χ1n) is 10.9. The number of rotatable bonds is 12. The van der Waals surface area contributed by atoms with Crippen molar-refractivity contribution in [3.63, 3.8) is 0 Å². The van der Waals surface area contributed by atoms with Crippen molar-refractivity contribution in [2.24, 2.45) is 11.8 Å². The van der Waals surface area contributed by atoms with E-state index in [1.54, 1.807) is 6.08 Å². The smallest absolute Gasteiger partial charge is 0.132 e. The monoisotopic (exact) mass is 400 g/mol. The molecule has 0 radical (unpaired) electrons. The SMILES string of the molecule is CCC(=O)CCC/C=C\C[C@@H]1[C@@H](/C=C/[C@@H](O)CCc2ccccc2)[C@H](O)C[C@@H]1O. The van der Waals surface area contributed by atoms with E-state index in [0.717, 1.165) is 19.3 Å². The molecule has 3 N–H and O–H groups in total. The van der Waals surface area contributed by atoms with Crippen LogP contribution in [0.3, 0.4) is 0 Å². The molecule has 1 saturated carbocycles. The number of unbranched alkanes of at least 4 members (excludes halogenated alkanes) is 1. The lowest BCUT2D eigenvalue weighted by molar-refractivity contribution is -0.118. The summed E-state index contributed by atoms with van der Waals surface area (Å²) in [5.74, 6) is 0.0996. The Morgan fingerprint density at radius 1 is 1.17 bits per heavy atom. The van der Waals surface area contributed by atoms with Gasteiger partial charge in [-0.15, -0.1) is 0 Å². The number of Topliss-reactive ketones (excluding diaryl/α,β-unsaturated/α-hetero) is 1. The molecule has 0 aromatic heterocycles. The van der Waals surface area contributed by atoms with Crippen LogP contribution >= 0.6 is 0 Å². The summed E-state index contributed by atoms with van der Waals surface area (Å²) < 4.78 is 0. The molecule has 0 bridgehead atoms. The van der Waals surface area contributed by atoms with Gasteiger partial charge in [0.1, 0.15) is 5.78 Å². The Labute approximate surface area is 175 Å². The second kappa shape index (κ2) is 12.7. The molecule has 0 spiro atoms. The van der Waals surface area contributed by atoms with Crippen LogP contribution < -0.4 is 0 Å². The van der Waals surface area contributed by atoms with Gasteiger partial charge in [0, 0.05) is 25.2 Å². The van der Waals surface area contributed by atoms with Gasteiger partial charge in [-0.3, -0.25) is 4.79 Å². The molecule has 1 fully saturated rings. The van der Waals surface area contributed by atoms with Crippen LogP contribution in [0.25, 0.3) is 0 Å². The van der Waals surface area contributed by atoms with Crippen molar-refractivity contribution < 1.29 is 20.1 Å². The molecule has 0 amide bonds. The van der Waals surface area contributed by atoms with Crippen LogP contribution in [0.4, 0.5) is 0 Å². The number of aliphatic hydroxyl groups is 3. The number of hydrogen-bond acceptors (Lipinski definition) is 4. The fourth-order valence-electron chi connectivity index (χ4n) is 3.98. The normalized spacial score (nSPS) is 25.8. The molecule has 2 rings (SSSR count). The molecule has 0 unspecified atom stereocenters. The fraction of sp³-hybridized carbons (Fsp3) is 0.560. The Morgan fingerprint density at radius 2 is 1.93 bits per heavy atom. The quantitative estimate of drug-likeness (QED) is 0.366. The van der Waals surface area contributed by atoms with Crippen molar-refractivity contribution in [3.05, 3.63) is 60.2 Å². The lowest BCUT2D eigenvalue weighted by Gasteiger charge is -2.19. The lowest BCUT2D eigenvalue weighted by atomic mass is 9.89. The average Bonchev–Trinajstić information content (AvgIpc) is 3.00. The van der Waals surface area contributed by atoms with Gasteiger partial charge in [-0.25, -0.2) is 0 Å². The minimum atomic E-state index is -0.580. The summed E-state index contributed by atoms with van der Waals surface area (Å²) in [5.41, 5.74) is 1.19. The number of hydrogen-bond donors (Lipinski definition) is 3. The molecule has 1 aromatic carbocycles. The van der Waals surface area contributed by atoms with E-state index in [-0.39, 0.29) is 11.8 Å². The highest BCUT2D eigenvalue weighted by Gasteiger charge is 2.39. The number of allylic oxidation sites excluding steroid dienone is 2. The van der Waals surface area contributed by atoms with Crippen molar-refractivity contribution in [2.75, 3.05) is 0 Å². The van der Waals surface area contributed by atoms with Crippen molar-refractivity contribution >= 4 is 5.78 Å². The number of aliphatic hydroxyl groups excluding tert-OH is 3. The Hall–Kier alpha value is -1.75. The summed E-state index contributed by atoms with van der Waals surface area (Å²) >= 11 is 0. The van der Waals surface area contributed by atoms with Crippen molar-refractivity contribution in [1.82, 2.24) is 0 Å². The van der Waals surface area contributed by atoms with Gasteiger partial charge in [-0.2, -0.15) is 0 Å². The zero-order valence-corrected chi connectivity index (χ0v) is 17.5. The van der Waals surface area contributed by atoms with E-state index in [0.29, 0.717) is 37.9 Å². The highest BCUT2D eigenvalue weighted by atomic mass is 16.3. The Bertz CT molecular complexity index is 652. The van der Waals surface area contributed by atoms with E-state index in [1.165, 1.54) is 5.56 Å². The number of aryl methyl sites for hydroxylation is 1. The Morgan fingerprint density at radius 3 is 2.66 bits per heavy atom. The van der Waals surface area contributed by atoms with Crippen molar-refractivity contribution in [3.8, 4) is 0 Å². The maximum atomic E-state index is 11.3. The molecule has 1 aliphatic rings. The highest BCUT2D eigenvalue weighted by molar-refractivity contribution is 5.77. The van der Waals surface area contributed by atoms with E-state index in [1.807, 2.05) is 43.3 Å². The number of benzene rings is 1. The third-order valence-corrected chi connectivity index (χ3v) is 5.84. The van der Waals surface area contributed by atoms with Crippen LogP contribution in [0.2, 0.25) is 0 Å². The second-order valence-electron chi connectivity index (χ2n) is 8.08. The lowest BCUT2D eigenvalue weighted by Crippen LogP contribution is -2.20. The van der Waals surface area contributed by atoms with Crippen LogP contribution in [0.1, 0.15) is 57.4 Å². The molecule has 4 heteroatoms. The van der Waals surface area contributed by atoms with E-state index in [2.05, 4.69) is 12.2 Å². The molecule has 0 heterocycles. The van der Waals surface area contributed by atoms with E-state index >= 15 is 0 Å². The van der Waals surface area contributed by atoms with Gasteiger partial charge in [0.2, 0.25) is 0 Å². The molecular formula is C25H36O4. The Kier molecular flexibility index (Phi) is 10.3. The van der Waals surface area contributed by atoms with Crippen LogP contribution in [-0.2, 0) is 11.2 Å². The van der Waals surface area contributed by atoms with Crippen LogP contribution in [0, 0.1) is 11.8 Å². The Balaban J connectivity index is 1.80. The topological polar surface area (TPSA) is 77.8 Å². The van der Waals surface area contributed by atoms with Gasteiger partial charge in [-0.05, 0) is 43.6 Å². The summed E-state index contributed by atoms with van der Waals surface area (Å²) in [6.07, 6.45) is 11.5. The average molecular weight is 401 g/mol. The van der Waals surface area contributed by atoms with Gasteiger partial charge < -0.3 is 15.3 Å². The molecular weight excluding hydrogens is 364 g/mol. The molecule has 1 aromatic rings. The largest absolute Gasteiger partial charge is 0.393 e. The number of ketones is 1. The predicted octanol–water partition coefficient (Wildman–Crippen LogP) is 3.99. The number of carbonyl (C=O) groups excluding carboxylic acids is 1. The van der Waals surface area contributed by atoms with Gasteiger partial charge in [0.15, 0.2) is 0 Å². The molecule has 160 valence electrons. The van der Waals surface area contributed by atoms with Crippen LogP contribution in [0.15, 0.2) is 54.6 Å². The van der Waals surface area contributed by atoms with Crippen molar-refractivity contribution in [2.45, 2.75) is 76.6 Å². The molecule has 4 nitrogen and oxygen atoms in total. The maximum Gasteiger partial charge on any atom is 0.132 e. The van der Waals surface area contributed by atoms with E-state index in [9.17, 15) is 20.1 Å².